The predicted molar refractivity (Wildman–Crippen MR) is 165 cm³/mol. The molecule has 2 aliphatic rings. The number of hydrogen-bond acceptors (Lipinski definition) is 6. The molecule has 0 saturated carbocycles. The fourth-order valence-corrected chi connectivity index (χ4v) is 5.99. The SMILES string of the molecule is CCN1C(=CC=Cc2n(CC)c3cc(Cl)c(Cl)cc3[n+]2CC(=O)ON2C(=O)CCC2=O)N(CC)c2cc(Cl)c(Cl)cc21. The minimum atomic E-state index is -0.771. The van der Waals surface area contributed by atoms with Gasteiger partial charge in [0.2, 0.25) is 0 Å². The van der Waals surface area contributed by atoms with E-state index in [1.165, 1.54) is 0 Å². The normalized spacial score (nSPS) is 15.1. The quantitative estimate of drug-likeness (QED) is 0.208. The van der Waals surface area contributed by atoms with Crippen molar-refractivity contribution in [1.82, 2.24) is 9.63 Å². The number of fused-ring (bicyclic) bond motifs is 2. The molecular weight excluding hydrogens is 624 g/mol. The molecule has 0 spiro atoms. The third-order valence-electron chi connectivity index (χ3n) is 7.23. The van der Waals surface area contributed by atoms with Crippen LogP contribution in [0.1, 0.15) is 39.4 Å². The molecule has 3 aromatic rings. The molecule has 2 aliphatic heterocycles. The molecule has 0 radical (unpaired) electrons. The number of nitrogens with zero attached hydrogens (tertiary/aromatic N) is 5. The summed E-state index contributed by atoms with van der Waals surface area (Å²) in [4.78, 5) is 46.5. The largest absolute Gasteiger partial charge is 0.374 e. The number of carbonyl (C=O) groups is 3. The Morgan fingerprint density at radius 3 is 1.95 bits per heavy atom. The van der Waals surface area contributed by atoms with Crippen LogP contribution in [0.15, 0.2) is 42.2 Å². The molecule has 1 aromatic heterocycles. The maximum absolute atomic E-state index is 13.0. The molecule has 0 aliphatic carbocycles. The zero-order valence-electron chi connectivity index (χ0n) is 23.2. The van der Waals surface area contributed by atoms with E-state index >= 15 is 0 Å². The fourth-order valence-electron chi connectivity index (χ4n) is 5.36. The van der Waals surface area contributed by atoms with Crippen LogP contribution in [0.4, 0.5) is 11.4 Å². The first-order valence-electron chi connectivity index (χ1n) is 13.5. The highest BCUT2D eigenvalue weighted by atomic mass is 35.5. The van der Waals surface area contributed by atoms with Gasteiger partial charge in [-0.25, -0.2) is 13.9 Å². The molecule has 220 valence electrons. The maximum Gasteiger partial charge on any atom is 0.374 e. The topological polar surface area (TPSA) is 79.0 Å². The van der Waals surface area contributed by atoms with Gasteiger partial charge in [0.15, 0.2) is 17.6 Å². The van der Waals surface area contributed by atoms with Crippen molar-refractivity contribution in [2.24, 2.45) is 0 Å². The van der Waals surface area contributed by atoms with Crippen LogP contribution in [0.5, 0.6) is 0 Å². The van der Waals surface area contributed by atoms with Crippen LogP contribution in [-0.4, -0.2) is 40.5 Å². The summed E-state index contributed by atoms with van der Waals surface area (Å²) in [6, 6.07) is 7.16. The highest BCUT2D eigenvalue weighted by Crippen LogP contribution is 2.45. The third kappa shape index (κ3) is 5.35. The van der Waals surface area contributed by atoms with Crippen molar-refractivity contribution in [1.29, 1.82) is 0 Å². The van der Waals surface area contributed by atoms with Gasteiger partial charge in [0.25, 0.3) is 17.6 Å². The van der Waals surface area contributed by atoms with Gasteiger partial charge in [-0.15, -0.1) is 5.06 Å². The number of imidazole rings is 1. The molecule has 0 bridgehead atoms. The van der Waals surface area contributed by atoms with Gasteiger partial charge in [-0.3, -0.25) is 9.59 Å². The number of allylic oxidation sites excluding steroid dienone is 2. The highest BCUT2D eigenvalue weighted by molar-refractivity contribution is 6.43. The Labute approximate surface area is 263 Å². The van der Waals surface area contributed by atoms with Crippen molar-refractivity contribution in [3.05, 3.63) is 68.2 Å². The lowest BCUT2D eigenvalue weighted by molar-refractivity contribution is -0.663. The zero-order chi connectivity index (χ0) is 30.3. The Morgan fingerprint density at radius 2 is 1.40 bits per heavy atom. The lowest BCUT2D eigenvalue weighted by Gasteiger charge is -2.23. The van der Waals surface area contributed by atoms with Gasteiger partial charge in [-0.1, -0.05) is 52.5 Å². The molecule has 3 heterocycles. The molecule has 5 rings (SSSR count). The molecule has 0 unspecified atom stereocenters. The van der Waals surface area contributed by atoms with Gasteiger partial charge in [0.1, 0.15) is 5.82 Å². The Hall–Kier alpha value is -3.24. The van der Waals surface area contributed by atoms with E-state index < -0.39 is 17.8 Å². The molecular formula is C29H28Cl4N5O4+. The Kier molecular flexibility index (Phi) is 8.76. The van der Waals surface area contributed by atoms with Gasteiger partial charge < -0.3 is 14.6 Å². The van der Waals surface area contributed by atoms with Crippen molar-refractivity contribution in [2.45, 2.75) is 46.7 Å². The lowest BCUT2D eigenvalue weighted by Crippen LogP contribution is -2.44. The molecule has 2 amide bonds. The summed E-state index contributed by atoms with van der Waals surface area (Å²) in [6.07, 6.45) is 5.78. The first kappa shape index (κ1) is 30.2. The van der Waals surface area contributed by atoms with Gasteiger partial charge in [0.05, 0.1) is 38.0 Å². The number of rotatable bonds is 8. The first-order chi connectivity index (χ1) is 20.1. The van der Waals surface area contributed by atoms with E-state index in [0.29, 0.717) is 56.1 Å². The van der Waals surface area contributed by atoms with Gasteiger partial charge in [-0.05, 0) is 39.0 Å². The summed E-state index contributed by atoms with van der Waals surface area (Å²) in [5.74, 6) is -0.264. The van der Waals surface area contributed by atoms with Gasteiger partial charge in [0, 0.05) is 44.1 Å². The van der Waals surface area contributed by atoms with Crippen molar-refractivity contribution in [2.75, 3.05) is 22.9 Å². The third-order valence-corrected chi connectivity index (χ3v) is 8.67. The van der Waals surface area contributed by atoms with Crippen molar-refractivity contribution < 1.29 is 23.8 Å². The standard InChI is InChI=1S/C29H28Cl4N5O4/c1-4-34-21-12-17(30)18(31)13-22(21)35(5-2)25(34)8-7-9-26-36(6-3)23-14-19(32)20(33)15-24(23)37(26)16-29(41)42-38-27(39)10-11-28(38)40/h7-9,12-15H,4-6,10-11,16H2,1-3H3/q+1. The van der Waals surface area contributed by atoms with Crippen LogP contribution in [0.3, 0.4) is 0 Å². The van der Waals surface area contributed by atoms with Crippen LogP contribution in [0.25, 0.3) is 17.1 Å². The van der Waals surface area contributed by atoms with Crippen LogP contribution in [-0.2, 0) is 32.3 Å². The maximum atomic E-state index is 13.0. The summed E-state index contributed by atoms with van der Waals surface area (Å²) >= 11 is 25.4. The number of hydrogen-bond donors (Lipinski definition) is 0. The molecule has 42 heavy (non-hydrogen) atoms. The average molecular weight is 652 g/mol. The van der Waals surface area contributed by atoms with Gasteiger partial charge >= 0.3 is 5.97 Å². The van der Waals surface area contributed by atoms with Crippen molar-refractivity contribution >= 4 is 92.7 Å². The second-order valence-electron chi connectivity index (χ2n) is 9.62. The molecule has 2 aromatic carbocycles. The van der Waals surface area contributed by atoms with Crippen molar-refractivity contribution in [3.63, 3.8) is 0 Å². The van der Waals surface area contributed by atoms with E-state index in [9.17, 15) is 14.4 Å². The summed E-state index contributed by atoms with van der Waals surface area (Å²) in [6.45, 7) is 7.77. The molecule has 9 nitrogen and oxygen atoms in total. The number of hydroxylamine groups is 2. The molecule has 13 heteroatoms. The first-order valence-corrected chi connectivity index (χ1v) is 15.0. The second-order valence-corrected chi connectivity index (χ2v) is 11.2. The average Bonchev–Trinajstić information content (AvgIpc) is 3.53. The highest BCUT2D eigenvalue weighted by Gasteiger charge is 2.35. The van der Waals surface area contributed by atoms with E-state index in [0.717, 1.165) is 22.7 Å². The Bertz CT molecular complexity index is 1630. The van der Waals surface area contributed by atoms with Crippen LogP contribution in [0.2, 0.25) is 20.1 Å². The molecule has 0 N–H and O–H groups in total. The Balaban J connectivity index is 1.56. The van der Waals surface area contributed by atoms with Crippen molar-refractivity contribution in [3.8, 4) is 0 Å². The molecule has 0 atom stereocenters. The van der Waals surface area contributed by atoms with E-state index in [2.05, 4.69) is 23.6 Å². The lowest BCUT2D eigenvalue weighted by atomic mass is 10.2. The number of carbonyl (C=O) groups excluding carboxylic acids is 3. The van der Waals surface area contributed by atoms with Gasteiger partial charge in [-0.2, -0.15) is 0 Å². The van der Waals surface area contributed by atoms with E-state index in [1.807, 2.05) is 41.9 Å². The van der Waals surface area contributed by atoms with E-state index in [1.54, 1.807) is 16.7 Å². The summed E-state index contributed by atoms with van der Waals surface area (Å²) in [7, 11) is 0. The molecule has 1 saturated heterocycles. The number of amides is 2. The van der Waals surface area contributed by atoms with Crippen LogP contribution < -0.4 is 14.4 Å². The summed E-state index contributed by atoms with van der Waals surface area (Å²) in [5.41, 5.74) is 3.31. The smallest absolute Gasteiger partial charge is 0.326 e. The minimum absolute atomic E-state index is 0.0109. The second kappa shape index (κ2) is 12.2. The van der Waals surface area contributed by atoms with E-state index in [-0.39, 0.29) is 19.4 Å². The number of imide groups is 1. The number of benzene rings is 2. The van der Waals surface area contributed by atoms with Crippen LogP contribution >= 0.6 is 46.4 Å². The molecule has 1 fully saturated rings. The monoisotopic (exact) mass is 650 g/mol. The fraction of sp³-hybridized carbons (Fsp3) is 0.310. The predicted octanol–water partition coefficient (Wildman–Crippen LogP) is 6.39. The minimum Gasteiger partial charge on any atom is -0.326 e. The zero-order valence-corrected chi connectivity index (χ0v) is 26.2. The summed E-state index contributed by atoms with van der Waals surface area (Å²) < 4.78 is 3.71. The van der Waals surface area contributed by atoms with E-state index in [4.69, 9.17) is 51.2 Å². The Morgan fingerprint density at radius 1 is 0.857 bits per heavy atom. The van der Waals surface area contributed by atoms with Crippen LogP contribution in [0, 0.1) is 0 Å². The number of halogens is 4. The number of aryl methyl sites for hydroxylation is 1. The number of aromatic nitrogens is 2. The summed E-state index contributed by atoms with van der Waals surface area (Å²) in [5, 5.41) is 2.20. The number of anilines is 2.